The van der Waals surface area contributed by atoms with Gasteiger partial charge in [-0.15, -0.1) is 0 Å². The fourth-order valence-corrected chi connectivity index (χ4v) is 1.96. The Balaban J connectivity index is 2.36. The molecule has 0 atom stereocenters. The summed E-state index contributed by atoms with van der Waals surface area (Å²) in [5, 5.41) is 0. The number of amides is 1. The Hall–Kier alpha value is -2.29. The highest BCUT2D eigenvalue weighted by Crippen LogP contribution is 2.26. The van der Waals surface area contributed by atoms with E-state index in [1.54, 1.807) is 4.90 Å². The highest BCUT2D eigenvalue weighted by molar-refractivity contribution is 5.96. The summed E-state index contributed by atoms with van der Waals surface area (Å²) in [7, 11) is 0. The average molecular weight is 269 g/mol. The van der Waals surface area contributed by atoms with Crippen molar-refractivity contribution in [1.29, 1.82) is 0 Å². The van der Waals surface area contributed by atoms with Crippen LogP contribution in [0.5, 0.6) is 0 Å². The Morgan fingerprint density at radius 3 is 2.40 bits per heavy atom. The molecule has 0 saturated carbocycles. The van der Waals surface area contributed by atoms with Crippen molar-refractivity contribution in [3.8, 4) is 0 Å². The molecule has 2 aromatic rings. The topological polar surface area (TPSA) is 29.5 Å². The molecule has 0 radical (unpaired) electrons. The van der Waals surface area contributed by atoms with Gasteiger partial charge in [-0.25, -0.2) is 9.69 Å². The summed E-state index contributed by atoms with van der Waals surface area (Å²) in [5.74, 6) is 0. The molecule has 0 unspecified atom stereocenters. The van der Waals surface area contributed by atoms with Crippen LogP contribution in [0.4, 0.5) is 16.2 Å². The van der Waals surface area contributed by atoms with Gasteiger partial charge in [-0.05, 0) is 43.2 Å². The van der Waals surface area contributed by atoms with Crippen LogP contribution in [0, 0.1) is 6.92 Å². The van der Waals surface area contributed by atoms with Gasteiger partial charge in [0.1, 0.15) is 0 Å². The molecule has 0 aliphatic rings. The van der Waals surface area contributed by atoms with Gasteiger partial charge >= 0.3 is 6.09 Å². The van der Waals surface area contributed by atoms with Crippen LogP contribution in [0.1, 0.15) is 18.9 Å². The van der Waals surface area contributed by atoms with Crippen LogP contribution < -0.4 is 4.90 Å². The number of ether oxygens (including phenoxy) is 1. The molecule has 2 rings (SSSR count). The van der Waals surface area contributed by atoms with Crippen LogP contribution in [0.25, 0.3) is 0 Å². The lowest BCUT2D eigenvalue weighted by Gasteiger charge is -2.22. The monoisotopic (exact) mass is 269 g/mol. The van der Waals surface area contributed by atoms with Gasteiger partial charge in [0.15, 0.2) is 0 Å². The Kier molecular flexibility index (Phi) is 4.77. The van der Waals surface area contributed by atoms with Crippen molar-refractivity contribution in [2.75, 3.05) is 11.5 Å². The van der Waals surface area contributed by atoms with E-state index >= 15 is 0 Å². The molecule has 1 amide bonds. The molecule has 3 heteroatoms. The maximum Gasteiger partial charge on any atom is 0.418 e. The summed E-state index contributed by atoms with van der Waals surface area (Å²) in [6.07, 6.45) is 0.464. The first kappa shape index (κ1) is 14.1. The number of benzene rings is 2. The van der Waals surface area contributed by atoms with Crippen LogP contribution >= 0.6 is 0 Å². The van der Waals surface area contributed by atoms with E-state index in [1.165, 1.54) is 0 Å². The van der Waals surface area contributed by atoms with Gasteiger partial charge in [-0.3, -0.25) is 0 Å². The van der Waals surface area contributed by atoms with E-state index in [4.69, 9.17) is 4.74 Å². The summed E-state index contributed by atoms with van der Waals surface area (Å²) in [4.78, 5) is 13.9. The lowest BCUT2D eigenvalue weighted by Crippen LogP contribution is -2.27. The number of para-hydroxylation sites is 1. The molecule has 0 fully saturated rings. The van der Waals surface area contributed by atoms with E-state index in [1.807, 2.05) is 68.4 Å². The first-order valence-corrected chi connectivity index (χ1v) is 6.81. The van der Waals surface area contributed by atoms with Crippen molar-refractivity contribution in [2.24, 2.45) is 0 Å². The van der Waals surface area contributed by atoms with E-state index in [-0.39, 0.29) is 6.09 Å². The Morgan fingerprint density at radius 2 is 1.75 bits per heavy atom. The number of carbonyl (C=O) groups is 1. The zero-order valence-electron chi connectivity index (χ0n) is 11.9. The molecular weight excluding hydrogens is 250 g/mol. The fraction of sp³-hybridized carbons (Fsp3) is 0.235. The largest absolute Gasteiger partial charge is 0.449 e. The lowest BCUT2D eigenvalue weighted by atomic mass is 10.2. The van der Waals surface area contributed by atoms with E-state index in [2.05, 4.69) is 0 Å². The van der Waals surface area contributed by atoms with Gasteiger partial charge in [0.05, 0.1) is 18.0 Å². The normalized spacial score (nSPS) is 10.1. The minimum atomic E-state index is -0.344. The quantitative estimate of drug-likeness (QED) is 0.806. The van der Waals surface area contributed by atoms with Gasteiger partial charge < -0.3 is 4.74 Å². The minimum Gasteiger partial charge on any atom is -0.449 e. The highest BCUT2D eigenvalue weighted by atomic mass is 16.6. The predicted molar refractivity (Wildman–Crippen MR) is 81.4 cm³/mol. The smallest absolute Gasteiger partial charge is 0.418 e. The van der Waals surface area contributed by atoms with Crippen LogP contribution in [-0.4, -0.2) is 12.7 Å². The van der Waals surface area contributed by atoms with Crippen molar-refractivity contribution in [3.63, 3.8) is 0 Å². The van der Waals surface area contributed by atoms with Crippen LogP contribution in [0.3, 0.4) is 0 Å². The molecule has 0 bridgehead atoms. The number of rotatable bonds is 4. The second kappa shape index (κ2) is 6.75. The van der Waals surface area contributed by atoms with Crippen LogP contribution in [0.15, 0.2) is 54.6 Å². The molecule has 104 valence electrons. The summed E-state index contributed by atoms with van der Waals surface area (Å²) >= 11 is 0. The highest BCUT2D eigenvalue weighted by Gasteiger charge is 2.19. The molecule has 0 aliphatic heterocycles. The third-order valence-electron chi connectivity index (χ3n) is 2.89. The van der Waals surface area contributed by atoms with E-state index in [0.717, 1.165) is 23.4 Å². The van der Waals surface area contributed by atoms with Gasteiger partial charge in [0.25, 0.3) is 0 Å². The van der Waals surface area contributed by atoms with Crippen molar-refractivity contribution in [2.45, 2.75) is 20.3 Å². The lowest BCUT2D eigenvalue weighted by molar-refractivity contribution is 0.156. The molecular formula is C17H19NO2. The van der Waals surface area contributed by atoms with E-state index in [9.17, 15) is 4.79 Å². The number of carbonyl (C=O) groups excluding carboxylic acids is 1. The van der Waals surface area contributed by atoms with Gasteiger partial charge in [0.2, 0.25) is 0 Å². The maximum atomic E-state index is 12.3. The average Bonchev–Trinajstić information content (AvgIpc) is 2.46. The number of anilines is 2. The second-order valence-corrected chi connectivity index (χ2v) is 4.62. The molecule has 0 aliphatic carbocycles. The summed E-state index contributed by atoms with van der Waals surface area (Å²) in [6, 6.07) is 17.4. The van der Waals surface area contributed by atoms with Crippen molar-refractivity contribution < 1.29 is 9.53 Å². The van der Waals surface area contributed by atoms with Crippen molar-refractivity contribution in [1.82, 2.24) is 0 Å². The summed E-state index contributed by atoms with van der Waals surface area (Å²) in [5.41, 5.74) is 2.73. The molecule has 20 heavy (non-hydrogen) atoms. The summed E-state index contributed by atoms with van der Waals surface area (Å²) in [6.45, 7) is 4.41. The van der Waals surface area contributed by atoms with E-state index in [0.29, 0.717) is 6.61 Å². The third-order valence-corrected chi connectivity index (χ3v) is 2.89. The minimum absolute atomic E-state index is 0.344. The van der Waals surface area contributed by atoms with Crippen molar-refractivity contribution >= 4 is 17.5 Å². The number of hydrogen-bond acceptors (Lipinski definition) is 2. The first-order valence-electron chi connectivity index (χ1n) is 6.81. The van der Waals surface area contributed by atoms with Crippen LogP contribution in [-0.2, 0) is 4.74 Å². The standard InChI is InChI=1S/C17H19NO2/c1-3-12-20-17(19)18(15-9-5-4-6-10-15)16-11-7-8-14(2)13-16/h4-11,13H,3,12H2,1-2H3. The molecule has 0 aromatic heterocycles. The fourth-order valence-electron chi connectivity index (χ4n) is 1.96. The molecule has 3 nitrogen and oxygen atoms in total. The molecule has 0 spiro atoms. The molecule has 2 aromatic carbocycles. The van der Waals surface area contributed by atoms with Crippen LogP contribution in [0.2, 0.25) is 0 Å². The van der Waals surface area contributed by atoms with Gasteiger partial charge in [-0.2, -0.15) is 0 Å². The van der Waals surface area contributed by atoms with Crippen molar-refractivity contribution in [3.05, 3.63) is 60.2 Å². The zero-order chi connectivity index (χ0) is 14.4. The zero-order valence-corrected chi connectivity index (χ0v) is 11.9. The number of hydrogen-bond donors (Lipinski definition) is 0. The third kappa shape index (κ3) is 3.38. The summed E-state index contributed by atoms with van der Waals surface area (Å²) < 4.78 is 5.29. The molecule has 0 heterocycles. The molecule has 0 saturated heterocycles. The van der Waals surface area contributed by atoms with Gasteiger partial charge in [-0.1, -0.05) is 37.3 Å². The second-order valence-electron chi connectivity index (χ2n) is 4.62. The number of aryl methyl sites for hydroxylation is 1. The Labute approximate surface area is 119 Å². The molecule has 0 N–H and O–H groups in total. The predicted octanol–water partition coefficient (Wildman–Crippen LogP) is 4.68. The number of nitrogens with zero attached hydrogens (tertiary/aromatic N) is 1. The Morgan fingerprint density at radius 1 is 1.05 bits per heavy atom. The van der Waals surface area contributed by atoms with E-state index < -0.39 is 0 Å². The van der Waals surface area contributed by atoms with Gasteiger partial charge in [0, 0.05) is 0 Å². The Bertz CT molecular complexity index is 566. The first-order chi connectivity index (χ1) is 9.72. The maximum absolute atomic E-state index is 12.3. The SMILES string of the molecule is CCCOC(=O)N(c1ccccc1)c1cccc(C)c1.